The zero-order valence-electron chi connectivity index (χ0n) is 27.5. The minimum atomic E-state index is -2.00. The number of carbonyl (C=O) groups excluding carboxylic acids is 3. The largest absolute Gasteiger partial charge is 0.480 e. The van der Waals surface area contributed by atoms with Crippen molar-refractivity contribution in [3.8, 4) is 0 Å². The van der Waals surface area contributed by atoms with Gasteiger partial charge in [-0.05, 0) is 67.1 Å². The van der Waals surface area contributed by atoms with Crippen LogP contribution in [0.25, 0.3) is 10.9 Å². The average molecular weight is 707 g/mol. The van der Waals surface area contributed by atoms with Gasteiger partial charge >= 0.3 is 17.8 Å². The first kappa shape index (κ1) is 37.3. The number of nitrogens with one attached hydrogen (secondary N) is 2. The van der Waals surface area contributed by atoms with E-state index in [2.05, 4.69) is 10.7 Å². The number of carbonyl (C=O) groups is 4. The Morgan fingerprint density at radius 2 is 1.57 bits per heavy atom. The van der Waals surface area contributed by atoms with Crippen LogP contribution in [0, 0.1) is 11.8 Å². The second-order valence-corrected chi connectivity index (χ2v) is 14.3. The van der Waals surface area contributed by atoms with E-state index in [1.807, 2.05) is 74.5 Å². The Morgan fingerprint density at radius 3 is 2.20 bits per heavy atom. The van der Waals surface area contributed by atoms with Crippen molar-refractivity contribution in [1.82, 2.24) is 5.32 Å². The summed E-state index contributed by atoms with van der Waals surface area (Å²) in [5.74, 6) is -4.30. The Kier molecular flexibility index (Phi) is 13.1. The quantitative estimate of drug-likeness (QED) is 0.0560. The highest BCUT2D eigenvalue weighted by molar-refractivity contribution is 7.99. The second kappa shape index (κ2) is 17.2. The summed E-state index contributed by atoms with van der Waals surface area (Å²) in [6.07, 6.45) is 0.687. The smallest absolute Gasteiger partial charge is 0.337 e. The summed E-state index contributed by atoms with van der Waals surface area (Å²) in [5, 5.41) is 23.6. The number of carboxylic acids is 1. The van der Waals surface area contributed by atoms with Gasteiger partial charge in [0.05, 0.1) is 27.1 Å². The third-order valence-corrected chi connectivity index (χ3v) is 10.6. The molecule has 4 N–H and O–H groups in total. The SMILES string of the molecule is COC(=O)c1ccc(C(=O)N[n+]2c(SCC(O)([PH2]=O)C(CCc3ccccc3)C(=O)N[C@@H](CC(C)C)C(=O)O)ccc3ccccc32)cc1. The summed E-state index contributed by atoms with van der Waals surface area (Å²) >= 11 is 1.10. The van der Waals surface area contributed by atoms with E-state index in [-0.39, 0.29) is 35.6 Å². The molecule has 0 spiro atoms. The molecule has 3 aromatic carbocycles. The molecule has 0 bridgehead atoms. The van der Waals surface area contributed by atoms with Crippen molar-refractivity contribution in [2.75, 3.05) is 18.3 Å². The predicted octanol–water partition coefficient (Wildman–Crippen LogP) is 4.70. The van der Waals surface area contributed by atoms with Gasteiger partial charge in [-0.25, -0.2) is 9.59 Å². The monoisotopic (exact) mass is 706 g/mol. The number of aliphatic hydroxyl groups is 1. The van der Waals surface area contributed by atoms with E-state index in [0.717, 1.165) is 22.7 Å². The molecule has 4 atom stereocenters. The maximum Gasteiger partial charge on any atom is 0.337 e. The van der Waals surface area contributed by atoms with Crippen molar-refractivity contribution < 1.29 is 43.4 Å². The van der Waals surface area contributed by atoms with E-state index >= 15 is 0 Å². The molecular weight excluding hydrogens is 665 g/mol. The number of carboxylic acid groups (broad SMARTS) is 1. The number of amides is 2. The molecule has 3 unspecified atom stereocenters. The fourth-order valence-corrected chi connectivity index (χ4v) is 7.41. The molecule has 2 amide bonds. The lowest BCUT2D eigenvalue weighted by Crippen LogP contribution is -2.52. The van der Waals surface area contributed by atoms with E-state index in [4.69, 9.17) is 4.74 Å². The predicted molar refractivity (Wildman–Crippen MR) is 189 cm³/mol. The molecule has 0 saturated carbocycles. The van der Waals surface area contributed by atoms with E-state index in [1.54, 1.807) is 10.7 Å². The van der Waals surface area contributed by atoms with Crippen molar-refractivity contribution in [1.29, 1.82) is 0 Å². The van der Waals surface area contributed by atoms with Crippen LogP contribution in [-0.4, -0.2) is 58.2 Å². The van der Waals surface area contributed by atoms with Crippen molar-refractivity contribution in [3.63, 3.8) is 0 Å². The number of aliphatic carboxylic acids is 1. The third-order valence-electron chi connectivity index (χ3n) is 8.05. The van der Waals surface area contributed by atoms with Gasteiger partial charge in [0.25, 0.3) is 5.03 Å². The van der Waals surface area contributed by atoms with Gasteiger partial charge in [0.1, 0.15) is 11.4 Å². The molecule has 0 radical (unpaired) electrons. The molecule has 11 nitrogen and oxygen atoms in total. The van der Waals surface area contributed by atoms with E-state index in [0.29, 0.717) is 17.0 Å². The molecule has 1 aromatic heterocycles. The van der Waals surface area contributed by atoms with Gasteiger partial charge in [-0.3, -0.25) is 9.59 Å². The number of hydrogen-bond acceptors (Lipinski definition) is 8. The van der Waals surface area contributed by atoms with E-state index in [1.165, 1.54) is 31.4 Å². The maximum absolute atomic E-state index is 13.7. The Balaban J connectivity index is 1.64. The second-order valence-electron chi connectivity index (χ2n) is 12.1. The van der Waals surface area contributed by atoms with Crippen LogP contribution in [0.4, 0.5) is 0 Å². The molecule has 1 heterocycles. The number of benzene rings is 3. The molecule has 13 heteroatoms. The molecular formula is C36H41N3O8PS+. The van der Waals surface area contributed by atoms with Crippen LogP contribution in [0.15, 0.2) is 96.0 Å². The van der Waals surface area contributed by atoms with Gasteiger partial charge in [-0.1, -0.05) is 72.8 Å². The summed E-state index contributed by atoms with van der Waals surface area (Å²) in [4.78, 5) is 51.0. The van der Waals surface area contributed by atoms with Crippen LogP contribution in [0.2, 0.25) is 0 Å². The highest BCUT2D eigenvalue weighted by Crippen LogP contribution is 2.38. The first-order valence-electron chi connectivity index (χ1n) is 15.8. The Morgan fingerprint density at radius 1 is 0.918 bits per heavy atom. The van der Waals surface area contributed by atoms with Gasteiger partial charge in [-0.15, -0.1) is 5.43 Å². The summed E-state index contributed by atoms with van der Waals surface area (Å²) in [7, 11) is -0.663. The highest BCUT2D eigenvalue weighted by atomic mass is 32.2. The van der Waals surface area contributed by atoms with Crippen molar-refractivity contribution >= 4 is 54.9 Å². The minimum absolute atomic E-state index is 0.0203. The van der Waals surface area contributed by atoms with Crippen molar-refractivity contribution in [3.05, 3.63) is 108 Å². The average Bonchev–Trinajstić information content (AvgIpc) is 3.10. The van der Waals surface area contributed by atoms with Crippen LogP contribution < -0.4 is 15.4 Å². The molecule has 0 saturated heterocycles. The lowest BCUT2D eigenvalue weighted by Gasteiger charge is -2.32. The van der Waals surface area contributed by atoms with E-state index < -0.39 is 49.5 Å². The topological polar surface area (TPSA) is 163 Å². The Hall–Kier alpha value is -4.51. The first-order chi connectivity index (χ1) is 23.4. The standard InChI is InChI=1S/C36H40N3O8PS/c1-23(2)21-29(34(42)43)37-33(41)28(19-13-24-9-5-4-6-10-24)36(45,48-46)22-49-31-20-18-25-11-7-8-12-30(25)39(31)38-32(40)26-14-16-27(17-15-26)35(44)47-3/h4-12,14-18,20,23,28-29,45H,13,19,21-22,48H2,1-3H3,(H2-,37,38,40,41,42,43)/p+1/t28?,29-,36?/m0/s1. The van der Waals surface area contributed by atoms with Crippen LogP contribution in [-0.2, 0) is 25.3 Å². The highest BCUT2D eigenvalue weighted by Gasteiger charge is 2.42. The number of rotatable bonds is 16. The number of pyridine rings is 1. The number of para-hydroxylation sites is 1. The van der Waals surface area contributed by atoms with Crippen molar-refractivity contribution in [2.24, 2.45) is 11.8 Å². The lowest BCUT2D eigenvalue weighted by molar-refractivity contribution is -0.653. The summed E-state index contributed by atoms with van der Waals surface area (Å²) in [6, 6.07) is 25.1. The molecule has 0 aliphatic rings. The molecule has 0 aliphatic carbocycles. The molecule has 0 aliphatic heterocycles. The van der Waals surface area contributed by atoms with Gasteiger partial charge in [0.2, 0.25) is 11.4 Å². The molecule has 4 rings (SSSR count). The number of methoxy groups -OCH3 is 1. The van der Waals surface area contributed by atoms with Gasteiger partial charge in [0, 0.05) is 28.8 Å². The Bertz CT molecular complexity index is 1810. The van der Waals surface area contributed by atoms with E-state index in [9.17, 15) is 34.0 Å². The number of hydrogen-bond donors (Lipinski definition) is 4. The lowest BCUT2D eigenvalue weighted by atomic mass is 9.92. The number of aryl methyl sites for hydroxylation is 1. The fraction of sp³-hybridized carbons (Fsp3) is 0.306. The van der Waals surface area contributed by atoms with Crippen LogP contribution in [0.1, 0.15) is 53.0 Å². The fourth-order valence-electron chi connectivity index (χ4n) is 5.39. The summed E-state index contributed by atoms with van der Waals surface area (Å²) < 4.78 is 19.2. The summed E-state index contributed by atoms with van der Waals surface area (Å²) in [6.45, 7) is 3.69. The minimum Gasteiger partial charge on any atom is -0.480 e. The van der Waals surface area contributed by atoms with Crippen LogP contribution in [0.5, 0.6) is 0 Å². The number of nitrogens with zero attached hydrogens (tertiary/aromatic N) is 1. The normalized spacial score (nSPS) is 13.9. The maximum atomic E-state index is 13.7. The number of esters is 1. The van der Waals surface area contributed by atoms with Crippen molar-refractivity contribution in [2.45, 2.75) is 49.5 Å². The van der Waals surface area contributed by atoms with Gasteiger partial charge in [0.15, 0.2) is 0 Å². The van der Waals surface area contributed by atoms with Gasteiger partial charge < -0.3 is 24.8 Å². The summed E-state index contributed by atoms with van der Waals surface area (Å²) in [5.41, 5.74) is 4.99. The molecule has 49 heavy (non-hydrogen) atoms. The Labute approximate surface area is 290 Å². The number of ether oxygens (including phenoxy) is 1. The number of thioether (sulfide) groups is 1. The van der Waals surface area contributed by atoms with Gasteiger partial charge in [-0.2, -0.15) is 0 Å². The molecule has 4 aromatic rings. The third kappa shape index (κ3) is 9.78. The van der Waals surface area contributed by atoms with Crippen LogP contribution >= 0.6 is 20.2 Å². The number of aromatic nitrogens is 1. The van der Waals surface area contributed by atoms with Crippen LogP contribution in [0.3, 0.4) is 0 Å². The number of fused-ring (bicyclic) bond motifs is 1. The molecule has 0 fully saturated rings. The first-order valence-corrected chi connectivity index (χ1v) is 17.8. The zero-order chi connectivity index (χ0) is 35.6. The molecule has 258 valence electrons. The zero-order valence-corrected chi connectivity index (χ0v) is 29.5.